The van der Waals surface area contributed by atoms with E-state index >= 15 is 0 Å². The van der Waals surface area contributed by atoms with E-state index in [4.69, 9.17) is 11.6 Å². The third-order valence-electron chi connectivity index (χ3n) is 3.59. The molecule has 1 heterocycles. The predicted molar refractivity (Wildman–Crippen MR) is 101 cm³/mol. The lowest BCUT2D eigenvalue weighted by molar-refractivity contribution is 0.599. The van der Waals surface area contributed by atoms with Gasteiger partial charge in [0, 0.05) is 10.7 Å². The Kier molecular flexibility index (Phi) is 5.11. The fourth-order valence-corrected chi connectivity index (χ4v) is 3.53. The molecule has 0 spiro atoms. The molecule has 0 bridgehead atoms. The molecule has 134 valence electrons. The van der Waals surface area contributed by atoms with Crippen LogP contribution in [0.4, 0.5) is 21.6 Å². The highest BCUT2D eigenvalue weighted by Crippen LogP contribution is 2.23. The van der Waals surface area contributed by atoms with Gasteiger partial charge in [-0.15, -0.1) is 0 Å². The van der Waals surface area contributed by atoms with Gasteiger partial charge in [-0.05, 0) is 67.1 Å². The van der Waals surface area contributed by atoms with Crippen molar-refractivity contribution in [2.45, 2.75) is 11.8 Å². The van der Waals surface area contributed by atoms with Crippen LogP contribution >= 0.6 is 11.6 Å². The van der Waals surface area contributed by atoms with Gasteiger partial charge in [0.25, 0.3) is 10.0 Å². The number of anilines is 3. The zero-order valence-corrected chi connectivity index (χ0v) is 15.3. The van der Waals surface area contributed by atoms with Gasteiger partial charge in [0.1, 0.15) is 11.6 Å². The zero-order valence-electron chi connectivity index (χ0n) is 13.7. The van der Waals surface area contributed by atoms with Crippen LogP contribution < -0.4 is 10.0 Å². The number of halogens is 2. The summed E-state index contributed by atoms with van der Waals surface area (Å²) in [4.78, 5) is 4.17. The van der Waals surface area contributed by atoms with Gasteiger partial charge >= 0.3 is 0 Å². The Labute approximate surface area is 155 Å². The Hall–Kier alpha value is -2.64. The van der Waals surface area contributed by atoms with Gasteiger partial charge in [-0.2, -0.15) is 0 Å². The summed E-state index contributed by atoms with van der Waals surface area (Å²) in [7, 11) is -3.81. The lowest BCUT2D eigenvalue weighted by Crippen LogP contribution is -2.13. The second-order valence-corrected chi connectivity index (χ2v) is 7.69. The molecule has 5 nitrogen and oxygen atoms in total. The maximum Gasteiger partial charge on any atom is 0.261 e. The molecule has 0 aliphatic rings. The molecule has 0 aliphatic heterocycles. The maximum atomic E-state index is 12.9. The molecule has 2 aromatic carbocycles. The Morgan fingerprint density at radius 1 is 1.04 bits per heavy atom. The molecule has 2 N–H and O–H groups in total. The Morgan fingerprint density at radius 3 is 2.38 bits per heavy atom. The number of rotatable bonds is 5. The van der Waals surface area contributed by atoms with E-state index in [2.05, 4.69) is 15.0 Å². The zero-order chi connectivity index (χ0) is 18.7. The van der Waals surface area contributed by atoms with Crippen molar-refractivity contribution in [3.63, 3.8) is 0 Å². The van der Waals surface area contributed by atoms with Crippen LogP contribution in [0.2, 0.25) is 5.02 Å². The summed E-state index contributed by atoms with van der Waals surface area (Å²) < 4.78 is 39.9. The number of aromatic nitrogens is 1. The van der Waals surface area contributed by atoms with Crippen molar-refractivity contribution in [3.05, 3.63) is 77.2 Å². The summed E-state index contributed by atoms with van der Waals surface area (Å²) in [6.07, 6.45) is 1.40. The third kappa shape index (κ3) is 4.30. The van der Waals surface area contributed by atoms with E-state index in [0.717, 1.165) is 23.4 Å². The Balaban J connectivity index is 1.74. The number of nitrogens with zero attached hydrogens (tertiary/aromatic N) is 1. The number of nitrogens with one attached hydrogen (secondary N) is 2. The summed E-state index contributed by atoms with van der Waals surface area (Å²) in [5, 5.41) is 3.78. The molecule has 0 radical (unpaired) electrons. The molecule has 1 aromatic heterocycles. The minimum atomic E-state index is -3.81. The van der Waals surface area contributed by atoms with Gasteiger partial charge in [-0.25, -0.2) is 17.8 Å². The topological polar surface area (TPSA) is 71.1 Å². The monoisotopic (exact) mass is 391 g/mol. The lowest BCUT2D eigenvalue weighted by atomic mass is 10.2. The van der Waals surface area contributed by atoms with Crippen LogP contribution in [0.1, 0.15) is 5.56 Å². The molecule has 0 fully saturated rings. The van der Waals surface area contributed by atoms with Crippen LogP contribution in [0.5, 0.6) is 0 Å². The molecule has 0 saturated carbocycles. The first-order chi connectivity index (χ1) is 12.3. The highest BCUT2D eigenvalue weighted by molar-refractivity contribution is 7.92. The standard InChI is InChI=1S/C18H15ClFN3O2S/c1-12-10-13(19)2-8-17(12)22-18-9-5-15(11-21-18)23-26(24,25)16-6-3-14(20)4-7-16/h2-11,23H,1H3,(H,21,22). The smallest absolute Gasteiger partial charge is 0.261 e. The van der Waals surface area contributed by atoms with Crippen LogP contribution in [0.15, 0.2) is 65.7 Å². The maximum absolute atomic E-state index is 12.9. The van der Waals surface area contributed by atoms with E-state index in [9.17, 15) is 12.8 Å². The molecule has 0 amide bonds. The van der Waals surface area contributed by atoms with Gasteiger partial charge in [-0.1, -0.05) is 11.6 Å². The number of hydrogen-bond acceptors (Lipinski definition) is 4. The first-order valence-corrected chi connectivity index (χ1v) is 9.47. The van der Waals surface area contributed by atoms with Crippen molar-refractivity contribution in [1.29, 1.82) is 0 Å². The summed E-state index contributed by atoms with van der Waals surface area (Å²) in [5.74, 6) is 0.0543. The SMILES string of the molecule is Cc1cc(Cl)ccc1Nc1ccc(NS(=O)(=O)c2ccc(F)cc2)cn1. The molecule has 0 aliphatic carbocycles. The Morgan fingerprint density at radius 2 is 1.77 bits per heavy atom. The lowest BCUT2D eigenvalue weighted by Gasteiger charge is -2.11. The second kappa shape index (κ2) is 7.31. The number of pyridine rings is 1. The van der Waals surface area contributed by atoms with Gasteiger partial charge in [0.15, 0.2) is 0 Å². The molecule has 0 atom stereocenters. The van der Waals surface area contributed by atoms with Crippen molar-refractivity contribution < 1.29 is 12.8 Å². The molecule has 0 unspecified atom stereocenters. The van der Waals surface area contributed by atoms with E-state index in [0.29, 0.717) is 16.5 Å². The highest BCUT2D eigenvalue weighted by Gasteiger charge is 2.14. The summed E-state index contributed by atoms with van der Waals surface area (Å²) in [5.41, 5.74) is 2.11. The highest BCUT2D eigenvalue weighted by atomic mass is 35.5. The van der Waals surface area contributed by atoms with Crippen molar-refractivity contribution >= 4 is 38.8 Å². The largest absolute Gasteiger partial charge is 0.340 e. The van der Waals surface area contributed by atoms with Crippen LogP contribution in [0.3, 0.4) is 0 Å². The molecular weight excluding hydrogens is 377 g/mol. The summed E-state index contributed by atoms with van der Waals surface area (Å²) in [6.45, 7) is 1.92. The fourth-order valence-electron chi connectivity index (χ4n) is 2.26. The molecule has 0 saturated heterocycles. The van der Waals surface area contributed by atoms with Crippen molar-refractivity contribution in [1.82, 2.24) is 4.98 Å². The third-order valence-corrected chi connectivity index (χ3v) is 5.22. The number of benzene rings is 2. The number of sulfonamides is 1. The van der Waals surface area contributed by atoms with Gasteiger partial charge in [0.2, 0.25) is 0 Å². The van der Waals surface area contributed by atoms with E-state index in [1.165, 1.54) is 18.3 Å². The first kappa shape index (κ1) is 18.2. The normalized spacial score (nSPS) is 11.2. The predicted octanol–water partition coefficient (Wildman–Crippen LogP) is 4.73. The number of hydrogen-bond donors (Lipinski definition) is 2. The average Bonchev–Trinajstić information content (AvgIpc) is 2.59. The van der Waals surface area contributed by atoms with Gasteiger partial charge in [-0.3, -0.25) is 4.72 Å². The molecule has 3 rings (SSSR count). The second-order valence-electron chi connectivity index (χ2n) is 5.58. The van der Waals surface area contributed by atoms with Gasteiger partial charge in [0.05, 0.1) is 16.8 Å². The van der Waals surface area contributed by atoms with Crippen LogP contribution in [-0.2, 0) is 10.0 Å². The van der Waals surface area contributed by atoms with E-state index < -0.39 is 15.8 Å². The van der Waals surface area contributed by atoms with E-state index in [1.807, 2.05) is 19.1 Å². The van der Waals surface area contributed by atoms with E-state index in [1.54, 1.807) is 18.2 Å². The van der Waals surface area contributed by atoms with Gasteiger partial charge < -0.3 is 5.32 Å². The van der Waals surface area contributed by atoms with Crippen LogP contribution in [0, 0.1) is 12.7 Å². The minimum Gasteiger partial charge on any atom is -0.340 e. The van der Waals surface area contributed by atoms with Crippen molar-refractivity contribution in [3.8, 4) is 0 Å². The van der Waals surface area contributed by atoms with Crippen molar-refractivity contribution in [2.75, 3.05) is 10.0 Å². The summed E-state index contributed by atoms with van der Waals surface area (Å²) >= 11 is 5.93. The van der Waals surface area contributed by atoms with Crippen molar-refractivity contribution in [2.24, 2.45) is 0 Å². The minimum absolute atomic E-state index is 0.0297. The quantitative estimate of drug-likeness (QED) is 0.659. The molecule has 8 heteroatoms. The van der Waals surface area contributed by atoms with E-state index in [-0.39, 0.29) is 4.90 Å². The fraction of sp³-hybridized carbons (Fsp3) is 0.0556. The summed E-state index contributed by atoms with van der Waals surface area (Å²) in [6, 6.07) is 13.2. The molecular formula is C18H15ClFN3O2S. The first-order valence-electron chi connectivity index (χ1n) is 7.61. The number of aryl methyl sites for hydroxylation is 1. The van der Waals surface area contributed by atoms with Crippen LogP contribution in [-0.4, -0.2) is 13.4 Å². The average molecular weight is 392 g/mol. The molecule has 26 heavy (non-hydrogen) atoms. The van der Waals surface area contributed by atoms with Crippen LogP contribution in [0.25, 0.3) is 0 Å². The Bertz CT molecular complexity index is 1020. The molecule has 3 aromatic rings.